The number of nitrogens with zero attached hydrogens (tertiary/aromatic N) is 2. The van der Waals surface area contributed by atoms with Gasteiger partial charge in [0.2, 0.25) is 0 Å². The molecular formula is C13H11IN4O3. The number of anilines is 1. The molecule has 0 spiro atoms. The quantitative estimate of drug-likeness (QED) is 0.685. The molecule has 2 aromatic rings. The molecule has 8 heteroatoms. The molecule has 3 N–H and O–H groups in total. The highest BCUT2D eigenvalue weighted by molar-refractivity contribution is 14.1. The smallest absolute Gasteiger partial charge is 0.337 e. The van der Waals surface area contributed by atoms with Crippen LogP contribution in [0.1, 0.15) is 16.1 Å². The lowest BCUT2D eigenvalue weighted by Crippen LogP contribution is -2.29. The second-order valence-corrected chi connectivity index (χ2v) is 5.26. The first kappa shape index (κ1) is 15.2. The Bertz CT molecular complexity index is 664. The van der Waals surface area contributed by atoms with Crippen LogP contribution in [-0.4, -0.2) is 27.3 Å². The summed E-state index contributed by atoms with van der Waals surface area (Å²) in [5, 5.41) is 21.7. The molecule has 0 saturated heterocycles. The van der Waals surface area contributed by atoms with Gasteiger partial charge in [0.25, 0.3) is 0 Å². The number of hydrogen-bond acceptors (Lipinski definition) is 4. The van der Waals surface area contributed by atoms with Gasteiger partial charge >= 0.3 is 12.0 Å². The highest BCUT2D eigenvalue weighted by atomic mass is 127. The summed E-state index contributed by atoms with van der Waals surface area (Å²) in [5.74, 6) is -1.10. The average molecular weight is 398 g/mol. The van der Waals surface area contributed by atoms with Crippen molar-refractivity contribution < 1.29 is 14.7 Å². The number of aromatic nitrogens is 2. The molecule has 21 heavy (non-hydrogen) atoms. The van der Waals surface area contributed by atoms with Crippen molar-refractivity contribution in [3.05, 3.63) is 51.4 Å². The van der Waals surface area contributed by atoms with Crippen molar-refractivity contribution in [2.24, 2.45) is 0 Å². The summed E-state index contributed by atoms with van der Waals surface area (Å²) in [6.45, 7) is 0.201. The topological polar surface area (TPSA) is 104 Å². The second-order valence-electron chi connectivity index (χ2n) is 4.02. The molecule has 0 radical (unpaired) electrons. The first-order valence-corrected chi connectivity index (χ1v) is 6.98. The predicted octanol–water partition coefficient (Wildman–Crippen LogP) is 2.10. The number of aromatic carboxylic acids is 1. The van der Waals surface area contributed by atoms with Gasteiger partial charge in [-0.05, 0) is 52.9 Å². The summed E-state index contributed by atoms with van der Waals surface area (Å²) in [4.78, 5) is 22.9. The highest BCUT2D eigenvalue weighted by Gasteiger charge is 2.12. The number of nitrogens with one attached hydrogen (secondary N) is 2. The first-order chi connectivity index (χ1) is 10.1. The number of carboxylic acid groups (broad SMARTS) is 1. The summed E-state index contributed by atoms with van der Waals surface area (Å²) in [7, 11) is 0. The standard InChI is InChI=1S/C13H11IN4O3/c14-8-3-4-11(10(6-8)12(19)20)17-13(21)15-7-9-2-1-5-16-18-9/h1-6H,7H2,(H,19,20)(H2,15,17,21). The fourth-order valence-corrected chi connectivity index (χ4v) is 2.06. The number of carbonyl (C=O) groups is 2. The molecule has 7 nitrogen and oxygen atoms in total. The molecule has 1 heterocycles. The Morgan fingerprint density at radius 3 is 2.76 bits per heavy atom. The van der Waals surface area contributed by atoms with E-state index >= 15 is 0 Å². The zero-order chi connectivity index (χ0) is 15.2. The number of rotatable bonds is 4. The second kappa shape index (κ2) is 6.97. The number of amides is 2. The normalized spacial score (nSPS) is 9.95. The number of urea groups is 1. The lowest BCUT2D eigenvalue weighted by atomic mass is 10.2. The van der Waals surface area contributed by atoms with Gasteiger partial charge in [-0.2, -0.15) is 10.2 Å². The molecule has 108 valence electrons. The van der Waals surface area contributed by atoms with E-state index < -0.39 is 12.0 Å². The fraction of sp³-hybridized carbons (Fsp3) is 0.0769. The van der Waals surface area contributed by atoms with E-state index in [9.17, 15) is 9.59 Å². The zero-order valence-corrected chi connectivity index (χ0v) is 12.9. The van der Waals surface area contributed by atoms with Crippen molar-refractivity contribution in [3.8, 4) is 0 Å². The zero-order valence-electron chi connectivity index (χ0n) is 10.7. The number of hydrogen-bond donors (Lipinski definition) is 3. The Hall–Kier alpha value is -2.23. The number of benzene rings is 1. The number of halogens is 1. The van der Waals surface area contributed by atoms with Crippen molar-refractivity contribution in [3.63, 3.8) is 0 Å². The third-order valence-electron chi connectivity index (χ3n) is 2.52. The van der Waals surface area contributed by atoms with Crippen molar-refractivity contribution in [2.45, 2.75) is 6.54 Å². The minimum atomic E-state index is -1.10. The van der Waals surface area contributed by atoms with Gasteiger partial charge in [0.05, 0.1) is 23.5 Å². The van der Waals surface area contributed by atoms with Gasteiger partial charge in [0.1, 0.15) is 0 Å². The third-order valence-corrected chi connectivity index (χ3v) is 3.19. The highest BCUT2D eigenvalue weighted by Crippen LogP contribution is 2.18. The maximum atomic E-state index is 11.8. The summed E-state index contributed by atoms with van der Waals surface area (Å²) in [5.41, 5.74) is 0.879. The minimum Gasteiger partial charge on any atom is -0.478 e. The Morgan fingerprint density at radius 1 is 1.29 bits per heavy atom. The molecule has 0 saturated carbocycles. The Balaban J connectivity index is 2.01. The van der Waals surface area contributed by atoms with Crippen LogP contribution in [-0.2, 0) is 6.54 Å². The molecule has 0 fully saturated rings. The Morgan fingerprint density at radius 2 is 2.10 bits per heavy atom. The monoisotopic (exact) mass is 398 g/mol. The maximum absolute atomic E-state index is 11.8. The molecule has 0 bridgehead atoms. The molecule has 1 aromatic carbocycles. The van der Waals surface area contributed by atoms with Crippen molar-refractivity contribution in [1.82, 2.24) is 15.5 Å². The first-order valence-electron chi connectivity index (χ1n) is 5.90. The molecule has 2 amide bonds. The molecule has 0 aliphatic rings. The molecule has 0 aliphatic heterocycles. The minimum absolute atomic E-state index is 0.0385. The molecule has 2 rings (SSSR count). The Kier molecular flexibility index (Phi) is 5.04. The van der Waals surface area contributed by atoms with E-state index in [1.165, 1.54) is 12.3 Å². The van der Waals surface area contributed by atoms with Gasteiger partial charge in [0.15, 0.2) is 0 Å². The van der Waals surface area contributed by atoms with E-state index in [0.717, 1.165) is 3.57 Å². The van der Waals surface area contributed by atoms with E-state index in [2.05, 4.69) is 20.8 Å². The predicted molar refractivity (Wildman–Crippen MR) is 84.0 cm³/mol. The van der Waals surface area contributed by atoms with E-state index in [1.54, 1.807) is 24.3 Å². The maximum Gasteiger partial charge on any atom is 0.337 e. The molecule has 0 aliphatic carbocycles. The lowest BCUT2D eigenvalue weighted by molar-refractivity contribution is 0.0698. The summed E-state index contributed by atoms with van der Waals surface area (Å²) < 4.78 is 0.774. The van der Waals surface area contributed by atoms with Crippen LogP contribution in [0.3, 0.4) is 0 Å². The van der Waals surface area contributed by atoms with Crippen molar-refractivity contribution in [2.75, 3.05) is 5.32 Å². The molecule has 0 atom stereocenters. The molecule has 0 unspecified atom stereocenters. The molecule has 1 aromatic heterocycles. The van der Waals surface area contributed by atoms with Gasteiger partial charge < -0.3 is 15.7 Å². The van der Waals surface area contributed by atoms with Crippen LogP contribution in [0.2, 0.25) is 0 Å². The summed E-state index contributed by atoms with van der Waals surface area (Å²) in [6, 6.07) is 7.67. The van der Waals surface area contributed by atoms with Gasteiger partial charge in [-0.1, -0.05) is 0 Å². The van der Waals surface area contributed by atoms with Crippen LogP contribution in [0.25, 0.3) is 0 Å². The largest absolute Gasteiger partial charge is 0.478 e. The van der Waals surface area contributed by atoms with Crippen molar-refractivity contribution >= 4 is 40.3 Å². The van der Waals surface area contributed by atoms with E-state index in [1.807, 2.05) is 22.6 Å². The summed E-state index contributed by atoms with van der Waals surface area (Å²) in [6.07, 6.45) is 1.54. The van der Waals surface area contributed by atoms with Gasteiger partial charge in [-0.15, -0.1) is 0 Å². The van der Waals surface area contributed by atoms with Gasteiger partial charge in [0, 0.05) is 9.77 Å². The number of carbonyl (C=O) groups excluding carboxylic acids is 1. The van der Waals surface area contributed by atoms with Crippen LogP contribution < -0.4 is 10.6 Å². The van der Waals surface area contributed by atoms with Crippen LogP contribution in [0.15, 0.2) is 36.5 Å². The average Bonchev–Trinajstić information content (AvgIpc) is 2.48. The van der Waals surface area contributed by atoms with Crippen LogP contribution in [0.5, 0.6) is 0 Å². The molecular weight excluding hydrogens is 387 g/mol. The third kappa shape index (κ3) is 4.38. The van der Waals surface area contributed by atoms with E-state index in [0.29, 0.717) is 5.69 Å². The van der Waals surface area contributed by atoms with Crippen LogP contribution in [0, 0.1) is 3.57 Å². The van der Waals surface area contributed by atoms with Crippen LogP contribution >= 0.6 is 22.6 Å². The Labute approximate surface area is 133 Å². The lowest BCUT2D eigenvalue weighted by Gasteiger charge is -2.10. The van der Waals surface area contributed by atoms with E-state index in [-0.39, 0.29) is 17.8 Å². The SMILES string of the molecule is O=C(NCc1cccnn1)Nc1ccc(I)cc1C(=O)O. The van der Waals surface area contributed by atoms with Gasteiger partial charge in [-0.3, -0.25) is 0 Å². The number of carboxylic acids is 1. The van der Waals surface area contributed by atoms with Crippen LogP contribution in [0.4, 0.5) is 10.5 Å². The van der Waals surface area contributed by atoms with E-state index in [4.69, 9.17) is 5.11 Å². The van der Waals surface area contributed by atoms with Crippen molar-refractivity contribution in [1.29, 1.82) is 0 Å². The van der Waals surface area contributed by atoms with Gasteiger partial charge in [-0.25, -0.2) is 9.59 Å². The summed E-state index contributed by atoms with van der Waals surface area (Å²) >= 11 is 2.01. The fourth-order valence-electron chi connectivity index (χ4n) is 1.57.